The van der Waals surface area contributed by atoms with Crippen molar-refractivity contribution in [2.75, 3.05) is 89.7 Å². The molecule has 10 fully saturated rings. The average molecular weight is 1240 g/mol. The number of likely N-dealkylation sites (N-methyl/N-ethyl adjacent to an activating group) is 2. The van der Waals surface area contributed by atoms with Crippen LogP contribution in [-0.4, -0.2) is 212 Å². The average Bonchev–Trinajstić information content (AvgIpc) is 1.61. The maximum atomic E-state index is 14.3. The van der Waals surface area contributed by atoms with Crippen LogP contribution in [0.1, 0.15) is 142 Å². The molecule has 0 aromatic carbocycles. The number of urea groups is 4. The van der Waals surface area contributed by atoms with E-state index in [1.54, 1.807) is 45.5 Å². The number of thioether (sulfide) groups is 2. The topological polar surface area (TPSA) is 267 Å². The van der Waals surface area contributed by atoms with Gasteiger partial charge in [0.1, 0.15) is 22.2 Å². The zero-order valence-corrected chi connectivity index (χ0v) is 52.5. The summed E-state index contributed by atoms with van der Waals surface area (Å²) in [4.78, 5) is 149. The minimum absolute atomic E-state index is 0.0955. The van der Waals surface area contributed by atoms with Crippen LogP contribution in [0.4, 0.5) is 19.2 Å². The van der Waals surface area contributed by atoms with E-state index in [1.165, 1.54) is 52.9 Å². The molecule has 6 heterocycles. The van der Waals surface area contributed by atoms with Crippen LogP contribution in [0.2, 0.25) is 0 Å². The highest BCUT2D eigenvalue weighted by atomic mass is 33.1. The molecule has 22 nitrogen and oxygen atoms in total. The Labute approximate surface area is 509 Å². The zero-order valence-electron chi connectivity index (χ0n) is 49.2. The lowest BCUT2D eigenvalue weighted by atomic mass is 9.51. The first-order valence-corrected chi connectivity index (χ1v) is 35.0. The number of nitrogens with two attached hydrogens (primary N) is 2. The molecule has 14 amide bonds. The molecule has 10 aliphatic rings. The Morgan fingerprint density at radius 1 is 0.500 bits per heavy atom. The molecule has 10 rings (SSSR count). The highest BCUT2D eigenvalue weighted by Gasteiger charge is 2.70. The summed E-state index contributed by atoms with van der Waals surface area (Å²) in [5.74, 6) is -0.0132. The molecule has 4 spiro atoms. The van der Waals surface area contributed by atoms with Gasteiger partial charge in [0, 0.05) is 100 Å². The Bertz CT molecular complexity index is 2520. The van der Waals surface area contributed by atoms with Crippen molar-refractivity contribution in [3.63, 3.8) is 0 Å². The first kappa shape index (κ1) is 62.5. The van der Waals surface area contributed by atoms with E-state index in [1.807, 2.05) is 13.8 Å². The number of carbonyl (C=O) groups excluding carboxylic acids is 10. The summed E-state index contributed by atoms with van der Waals surface area (Å²) >= 11 is 2.47. The summed E-state index contributed by atoms with van der Waals surface area (Å²) in [6, 6.07) is -2.64. The molecule has 4 N–H and O–H groups in total. The first-order chi connectivity index (χ1) is 40.3. The quantitative estimate of drug-likeness (QED) is 0.0345. The van der Waals surface area contributed by atoms with Crippen molar-refractivity contribution < 1.29 is 57.4 Å². The maximum Gasteiger partial charge on any atom is 0.334 e. The van der Waals surface area contributed by atoms with E-state index in [9.17, 15) is 47.9 Å². The molecule has 2 atom stereocenters. The van der Waals surface area contributed by atoms with Crippen molar-refractivity contribution in [3.05, 3.63) is 21.2 Å². The molecule has 6 saturated heterocycles. The van der Waals surface area contributed by atoms with Gasteiger partial charge in [-0.25, -0.2) is 19.2 Å². The summed E-state index contributed by atoms with van der Waals surface area (Å²) in [7, 11) is 6.45. The van der Waals surface area contributed by atoms with Gasteiger partial charge in [0.05, 0.1) is 23.3 Å². The van der Waals surface area contributed by atoms with Crippen LogP contribution in [0, 0.1) is 22.7 Å². The molecule has 6 aliphatic heterocycles. The third-order valence-corrected chi connectivity index (χ3v) is 24.4. The van der Waals surface area contributed by atoms with E-state index in [2.05, 4.69) is 0 Å². The van der Waals surface area contributed by atoms with E-state index in [0.29, 0.717) is 141 Å². The maximum absolute atomic E-state index is 14.3. The van der Waals surface area contributed by atoms with E-state index >= 15 is 0 Å². The van der Waals surface area contributed by atoms with Gasteiger partial charge < -0.3 is 30.7 Å². The van der Waals surface area contributed by atoms with E-state index in [-0.39, 0.29) is 80.8 Å². The number of nitrogens with zero attached hydrogens (tertiary/aromatic N) is 8. The van der Waals surface area contributed by atoms with Crippen molar-refractivity contribution in [1.29, 1.82) is 0 Å². The molecule has 0 aromatic rings. The lowest BCUT2D eigenvalue weighted by Gasteiger charge is -2.59. The summed E-state index contributed by atoms with van der Waals surface area (Å²) in [6.07, 6.45) is 12.8. The SMILES string of the molecule is CCCCN1C(=O)C(=C(N)SCCCSSCCCSC(N)=C2C(=O)N(CCCC)C(=O)N(C3CCC4(CC3)CC3(C4)C(=O)N(C)C(=O)N3C[C@@H]3CCOC3)C2=O)C(=O)N(C2CCC3(CC2)CC2(C3)C(=O)N(C)C(=O)N2C[C@@H]2CCOC2)C1=O. The predicted octanol–water partition coefficient (Wildman–Crippen LogP) is 6.92. The van der Waals surface area contributed by atoms with Gasteiger partial charge >= 0.3 is 24.1 Å². The third-order valence-electron chi connectivity index (χ3n) is 19.8. The number of hydrogen-bond donors (Lipinski definition) is 2. The second-order valence-corrected chi connectivity index (χ2v) is 30.2. The number of carbonyl (C=O) groups is 10. The van der Waals surface area contributed by atoms with Crippen LogP contribution in [0.25, 0.3) is 0 Å². The molecule has 4 saturated carbocycles. The predicted molar refractivity (Wildman–Crippen MR) is 320 cm³/mol. The number of imide groups is 6. The second-order valence-electron chi connectivity index (χ2n) is 25.3. The van der Waals surface area contributed by atoms with Gasteiger partial charge in [-0.1, -0.05) is 48.3 Å². The minimum atomic E-state index is -0.871. The van der Waals surface area contributed by atoms with Gasteiger partial charge in [-0.3, -0.25) is 58.2 Å². The van der Waals surface area contributed by atoms with Gasteiger partial charge in [-0.15, -0.1) is 23.5 Å². The summed E-state index contributed by atoms with van der Waals surface area (Å²) in [5, 5.41) is 0.191. The highest BCUT2D eigenvalue weighted by Crippen LogP contribution is 2.63. The summed E-state index contributed by atoms with van der Waals surface area (Å²) < 4.78 is 11.2. The molecule has 4 aliphatic carbocycles. The molecule has 0 radical (unpaired) electrons. The lowest BCUT2D eigenvalue weighted by molar-refractivity contribution is -0.152. The number of barbiturate groups is 2. The van der Waals surface area contributed by atoms with E-state index in [0.717, 1.165) is 50.0 Å². The van der Waals surface area contributed by atoms with Gasteiger partial charge in [-0.05, 0) is 126 Å². The standard InChI is InChI=1S/C58H84N10O12S4/c1-5-7-21-63-45(69)41(47(71)67(53(63)77)39-11-17-55(18-12-39)33-57(34-55)49(73)61(3)51(75)65(57)29-37-15-23-79-31-37)43(59)81-25-9-27-83-84-28-10-26-82-44(60)42-46(70)64(22-8-6-2)54(78)68(48(42)72)40-13-19-56(20-14-40)35-58(36-56)50(74)62(4)52(76)66(58)30-38-16-24-80-32-38/h37-40H,5-36,59-60H2,1-4H3/t37-,38-,39?,40?,55?,56?,57?,58?/m0/s1. The number of hydrogen-bond acceptors (Lipinski definition) is 18. The second kappa shape index (κ2) is 25.7. The van der Waals surface area contributed by atoms with Crippen LogP contribution < -0.4 is 11.5 Å². The Hall–Kier alpha value is -4.50. The minimum Gasteiger partial charge on any atom is -0.393 e. The van der Waals surface area contributed by atoms with Gasteiger partial charge in [-0.2, -0.15) is 0 Å². The molecule has 84 heavy (non-hydrogen) atoms. The molecule has 0 bridgehead atoms. The molecular weight excluding hydrogens is 1160 g/mol. The normalized spacial score (nSPS) is 33.3. The largest absolute Gasteiger partial charge is 0.393 e. The van der Waals surface area contributed by atoms with Gasteiger partial charge in [0.25, 0.3) is 35.4 Å². The fourth-order valence-electron chi connectivity index (χ4n) is 15.2. The third kappa shape index (κ3) is 11.5. The van der Waals surface area contributed by atoms with E-state index in [4.69, 9.17) is 20.9 Å². The Morgan fingerprint density at radius 2 is 0.869 bits per heavy atom. The van der Waals surface area contributed by atoms with Crippen molar-refractivity contribution in [2.45, 2.75) is 165 Å². The fraction of sp³-hybridized carbons (Fsp3) is 0.759. The van der Waals surface area contributed by atoms with Gasteiger partial charge in [0.15, 0.2) is 0 Å². The van der Waals surface area contributed by atoms with Crippen LogP contribution in [0.15, 0.2) is 21.2 Å². The first-order valence-electron chi connectivity index (χ1n) is 30.5. The molecule has 0 aromatic heterocycles. The van der Waals surface area contributed by atoms with Crippen molar-refractivity contribution >= 4 is 105 Å². The molecular formula is C58H84N10O12S4. The van der Waals surface area contributed by atoms with Crippen molar-refractivity contribution in [2.24, 2.45) is 34.1 Å². The van der Waals surface area contributed by atoms with Crippen LogP contribution >= 0.6 is 45.1 Å². The molecule has 0 unspecified atom stereocenters. The van der Waals surface area contributed by atoms with Crippen LogP contribution in [0.3, 0.4) is 0 Å². The Morgan fingerprint density at radius 3 is 1.20 bits per heavy atom. The smallest absolute Gasteiger partial charge is 0.334 e. The van der Waals surface area contributed by atoms with Crippen molar-refractivity contribution in [3.8, 4) is 0 Å². The molecule has 26 heteroatoms. The zero-order chi connectivity index (χ0) is 59.9. The van der Waals surface area contributed by atoms with Gasteiger partial charge in [0.2, 0.25) is 0 Å². The fourth-order valence-corrected chi connectivity index (χ4v) is 19.4. The van der Waals surface area contributed by atoms with Crippen LogP contribution in [0.5, 0.6) is 0 Å². The lowest BCUT2D eigenvalue weighted by Crippen LogP contribution is -2.66. The summed E-state index contributed by atoms with van der Waals surface area (Å²) in [6.45, 7) is 7.69. The monoisotopic (exact) mass is 1240 g/mol. The number of unbranched alkanes of at least 4 members (excludes halogenated alkanes) is 2. The number of ether oxygens (including phenoxy) is 2. The number of amides is 14. The van der Waals surface area contributed by atoms with E-state index < -0.39 is 58.9 Å². The summed E-state index contributed by atoms with van der Waals surface area (Å²) in [5.41, 5.74) is 10.7. The Kier molecular flexibility index (Phi) is 19.1. The van der Waals surface area contributed by atoms with Crippen LogP contribution in [-0.2, 0) is 38.2 Å². The molecule has 462 valence electrons. The Balaban J connectivity index is 0.678. The highest BCUT2D eigenvalue weighted by molar-refractivity contribution is 8.76. The number of rotatable bonds is 23. The van der Waals surface area contributed by atoms with Crippen molar-refractivity contribution in [1.82, 2.24) is 39.2 Å².